The first-order chi connectivity index (χ1) is 13.1. The number of benzene rings is 2. The van der Waals surface area contributed by atoms with Gasteiger partial charge in [-0.1, -0.05) is 12.1 Å². The lowest BCUT2D eigenvalue weighted by Gasteiger charge is -2.26. The normalized spacial score (nSPS) is 18.6. The maximum atomic E-state index is 12.9. The van der Waals surface area contributed by atoms with Gasteiger partial charge < -0.3 is 14.4 Å². The zero-order chi connectivity index (χ0) is 18.8. The minimum atomic E-state index is 0.133. The summed E-state index contributed by atoms with van der Waals surface area (Å²) in [7, 11) is 0. The van der Waals surface area contributed by atoms with Crippen molar-refractivity contribution < 1.29 is 14.3 Å². The molecule has 0 bridgehead atoms. The van der Waals surface area contributed by atoms with Crippen LogP contribution >= 0.6 is 11.8 Å². The van der Waals surface area contributed by atoms with Crippen molar-refractivity contribution in [1.29, 1.82) is 0 Å². The van der Waals surface area contributed by atoms with Gasteiger partial charge in [-0.3, -0.25) is 4.79 Å². The zero-order valence-electron chi connectivity index (χ0n) is 15.9. The van der Waals surface area contributed by atoms with Crippen LogP contribution in [0.5, 0.6) is 11.5 Å². The molecule has 2 aliphatic heterocycles. The molecule has 1 amide bonds. The summed E-state index contributed by atoms with van der Waals surface area (Å²) in [5, 5.41) is 0. The number of nitrogens with zero attached hydrogens (tertiary/aromatic N) is 1. The van der Waals surface area contributed by atoms with Crippen LogP contribution in [-0.4, -0.2) is 36.3 Å². The topological polar surface area (TPSA) is 38.8 Å². The van der Waals surface area contributed by atoms with Crippen LogP contribution in [0.2, 0.25) is 0 Å². The van der Waals surface area contributed by atoms with Crippen molar-refractivity contribution >= 4 is 17.7 Å². The second kappa shape index (κ2) is 7.85. The van der Waals surface area contributed by atoms with Gasteiger partial charge in [0, 0.05) is 11.4 Å². The molecule has 1 saturated heterocycles. The second-order valence-electron chi connectivity index (χ2n) is 7.18. The smallest absolute Gasteiger partial charge is 0.233 e. The summed E-state index contributed by atoms with van der Waals surface area (Å²) in [5.74, 6) is 2.27. The Labute approximate surface area is 164 Å². The molecule has 2 heterocycles. The molecular formula is C22H25NO3S. The number of hydrogen-bond acceptors (Lipinski definition) is 4. The standard InChI is InChI=1S/C22H25NO3S/c1-15-5-7-18(12-16(15)2)27-14-22(24)23-9-3-4-19(23)17-6-8-20-21(13-17)26-11-10-25-20/h5-8,12-13,19H,3-4,9-11,14H2,1-2H3. The van der Waals surface area contributed by atoms with Gasteiger partial charge in [0.25, 0.3) is 0 Å². The number of carbonyl (C=O) groups is 1. The van der Waals surface area contributed by atoms with Crippen LogP contribution in [-0.2, 0) is 4.79 Å². The van der Waals surface area contributed by atoms with E-state index in [1.807, 2.05) is 17.0 Å². The monoisotopic (exact) mass is 383 g/mol. The molecular weight excluding hydrogens is 358 g/mol. The Balaban J connectivity index is 1.44. The molecule has 0 aliphatic carbocycles. The van der Waals surface area contributed by atoms with Crippen LogP contribution in [0.25, 0.3) is 0 Å². The largest absolute Gasteiger partial charge is 0.486 e. The molecule has 142 valence electrons. The van der Waals surface area contributed by atoms with E-state index in [0.29, 0.717) is 19.0 Å². The molecule has 4 rings (SSSR count). The molecule has 5 heteroatoms. The highest BCUT2D eigenvalue weighted by atomic mass is 32.2. The SMILES string of the molecule is Cc1ccc(SCC(=O)N2CCCC2c2ccc3c(c2)OCCO3)cc1C. The van der Waals surface area contributed by atoms with E-state index in [9.17, 15) is 4.79 Å². The summed E-state index contributed by atoms with van der Waals surface area (Å²) in [6.07, 6.45) is 2.04. The summed E-state index contributed by atoms with van der Waals surface area (Å²) in [6.45, 7) is 6.22. The molecule has 2 aromatic carbocycles. The van der Waals surface area contributed by atoms with Gasteiger partial charge in [-0.15, -0.1) is 11.8 Å². The van der Waals surface area contributed by atoms with Gasteiger partial charge >= 0.3 is 0 Å². The summed E-state index contributed by atoms with van der Waals surface area (Å²) in [4.78, 5) is 16.1. The zero-order valence-corrected chi connectivity index (χ0v) is 16.7. The summed E-state index contributed by atoms with van der Waals surface area (Å²) in [6, 6.07) is 12.6. The van der Waals surface area contributed by atoms with Gasteiger partial charge in [-0.25, -0.2) is 0 Å². The molecule has 0 saturated carbocycles. The molecule has 1 unspecified atom stereocenters. The minimum absolute atomic E-state index is 0.133. The van der Waals surface area contributed by atoms with Crippen LogP contribution in [0.3, 0.4) is 0 Å². The maximum absolute atomic E-state index is 12.9. The van der Waals surface area contributed by atoms with E-state index >= 15 is 0 Å². The number of amides is 1. The quantitative estimate of drug-likeness (QED) is 0.727. The number of rotatable bonds is 4. The van der Waals surface area contributed by atoms with E-state index in [1.54, 1.807) is 11.8 Å². The summed E-state index contributed by atoms with van der Waals surface area (Å²) < 4.78 is 11.3. The van der Waals surface area contributed by atoms with Crippen molar-refractivity contribution in [1.82, 2.24) is 4.90 Å². The second-order valence-corrected chi connectivity index (χ2v) is 8.23. The van der Waals surface area contributed by atoms with Crippen molar-refractivity contribution in [3.8, 4) is 11.5 Å². The number of likely N-dealkylation sites (tertiary alicyclic amines) is 1. The first-order valence-electron chi connectivity index (χ1n) is 9.51. The molecule has 4 nitrogen and oxygen atoms in total. The Morgan fingerprint density at radius 2 is 1.89 bits per heavy atom. The number of carbonyl (C=O) groups excluding carboxylic acids is 1. The molecule has 2 aromatic rings. The number of ether oxygens (including phenoxy) is 2. The predicted molar refractivity (Wildman–Crippen MR) is 108 cm³/mol. The molecule has 1 fully saturated rings. The Kier molecular flexibility index (Phi) is 5.30. The first kappa shape index (κ1) is 18.2. The minimum Gasteiger partial charge on any atom is -0.486 e. The highest BCUT2D eigenvalue weighted by molar-refractivity contribution is 8.00. The van der Waals surface area contributed by atoms with Crippen LogP contribution in [0, 0.1) is 13.8 Å². The van der Waals surface area contributed by atoms with Crippen LogP contribution in [0.4, 0.5) is 0 Å². The van der Waals surface area contributed by atoms with Gasteiger partial charge in [0.05, 0.1) is 11.8 Å². The van der Waals surface area contributed by atoms with E-state index in [-0.39, 0.29) is 11.9 Å². The molecule has 0 aromatic heterocycles. The number of aryl methyl sites for hydroxylation is 2. The third-order valence-electron chi connectivity index (χ3n) is 5.36. The summed E-state index contributed by atoms with van der Waals surface area (Å²) in [5.41, 5.74) is 3.69. The number of thioether (sulfide) groups is 1. The van der Waals surface area contributed by atoms with Gasteiger partial charge in [0.2, 0.25) is 5.91 Å². The van der Waals surface area contributed by atoms with Gasteiger partial charge in [-0.05, 0) is 67.6 Å². The average Bonchev–Trinajstić information content (AvgIpc) is 3.18. The van der Waals surface area contributed by atoms with E-state index in [1.165, 1.54) is 11.1 Å². The molecule has 0 spiro atoms. The van der Waals surface area contributed by atoms with Crippen molar-refractivity contribution in [2.75, 3.05) is 25.5 Å². The Bertz CT molecular complexity index is 851. The molecule has 0 radical (unpaired) electrons. The maximum Gasteiger partial charge on any atom is 0.233 e. The lowest BCUT2D eigenvalue weighted by Crippen LogP contribution is -2.32. The molecule has 2 aliphatic rings. The van der Waals surface area contributed by atoms with Crippen LogP contribution in [0.1, 0.15) is 35.6 Å². The fourth-order valence-corrected chi connectivity index (χ4v) is 4.59. The van der Waals surface area contributed by atoms with Gasteiger partial charge in [0.1, 0.15) is 13.2 Å². The van der Waals surface area contributed by atoms with Crippen molar-refractivity contribution in [3.05, 3.63) is 53.1 Å². The molecule has 0 N–H and O–H groups in total. The first-order valence-corrected chi connectivity index (χ1v) is 10.5. The molecule has 27 heavy (non-hydrogen) atoms. The molecule has 1 atom stereocenters. The van der Waals surface area contributed by atoms with E-state index in [0.717, 1.165) is 41.3 Å². The van der Waals surface area contributed by atoms with Crippen molar-refractivity contribution in [2.24, 2.45) is 0 Å². The van der Waals surface area contributed by atoms with Crippen molar-refractivity contribution in [3.63, 3.8) is 0 Å². The van der Waals surface area contributed by atoms with E-state index in [2.05, 4.69) is 38.1 Å². The summed E-state index contributed by atoms with van der Waals surface area (Å²) >= 11 is 1.62. The Morgan fingerprint density at radius 1 is 1.07 bits per heavy atom. The third kappa shape index (κ3) is 3.93. The fraction of sp³-hybridized carbons (Fsp3) is 0.409. The predicted octanol–water partition coefficient (Wildman–Crippen LogP) is 4.53. The van der Waals surface area contributed by atoms with Gasteiger partial charge in [-0.2, -0.15) is 0 Å². The van der Waals surface area contributed by atoms with E-state index < -0.39 is 0 Å². The third-order valence-corrected chi connectivity index (χ3v) is 6.34. The number of hydrogen-bond donors (Lipinski definition) is 0. The average molecular weight is 384 g/mol. The lowest BCUT2D eigenvalue weighted by atomic mass is 10.0. The highest BCUT2D eigenvalue weighted by Crippen LogP contribution is 2.38. The van der Waals surface area contributed by atoms with E-state index in [4.69, 9.17) is 9.47 Å². The fourth-order valence-electron chi connectivity index (χ4n) is 3.71. The Morgan fingerprint density at radius 3 is 2.70 bits per heavy atom. The van der Waals surface area contributed by atoms with Gasteiger partial charge in [0.15, 0.2) is 11.5 Å². The van der Waals surface area contributed by atoms with Crippen LogP contribution in [0.15, 0.2) is 41.3 Å². The van der Waals surface area contributed by atoms with Crippen molar-refractivity contribution in [2.45, 2.75) is 37.6 Å². The lowest BCUT2D eigenvalue weighted by molar-refractivity contribution is -0.129. The highest BCUT2D eigenvalue weighted by Gasteiger charge is 2.30. The Hall–Kier alpha value is -2.14. The number of fused-ring (bicyclic) bond motifs is 1. The van der Waals surface area contributed by atoms with Crippen LogP contribution < -0.4 is 9.47 Å².